The van der Waals surface area contributed by atoms with Crippen LogP contribution in [-0.2, 0) is 33.2 Å². The third-order valence-electron chi connectivity index (χ3n) is 18.2. The Labute approximate surface area is 470 Å². The SMILES string of the molecule is CC[C@H]1OC(=O)[C@H](C)[C@@H](C2C[C@@](C)(OC)[C@@H](O)[C@H](C)O2)[C@H](C)[C@@H](O[C@@H]2O[C@H](C)C[C@H](N(C)C)[C@H]2O)[C@](C)(O)C[C@@H](C)CN(C)[C@H](C)[C@@H](OC(=O)NCCCCCCCCCC[P+](C)(c2ccccc2)c2ccccc2)[C@]1(C)O. The van der Waals surface area contributed by atoms with Crippen LogP contribution in [-0.4, -0.2) is 180 Å². The van der Waals surface area contributed by atoms with Crippen molar-refractivity contribution in [3.63, 3.8) is 0 Å². The molecule has 444 valence electrons. The summed E-state index contributed by atoms with van der Waals surface area (Å²) in [5.41, 5.74) is -4.48. The van der Waals surface area contributed by atoms with Crippen molar-refractivity contribution in [3.8, 4) is 0 Å². The minimum atomic E-state index is -1.86. The minimum absolute atomic E-state index is 0.189. The molecule has 5 rings (SSSR count). The van der Waals surface area contributed by atoms with Gasteiger partial charge in [-0.15, -0.1) is 0 Å². The van der Waals surface area contributed by atoms with E-state index in [1.165, 1.54) is 42.5 Å². The number of alkyl carbamates (subject to hydrolysis) is 1. The Kier molecular flexibility index (Phi) is 24.9. The number of hydrogen-bond acceptors (Lipinski definition) is 14. The minimum Gasteiger partial charge on any atom is -0.459 e. The fourth-order valence-corrected chi connectivity index (χ4v) is 16.7. The lowest BCUT2D eigenvalue weighted by molar-refractivity contribution is -0.302. The molecule has 2 aromatic carbocycles. The lowest BCUT2D eigenvalue weighted by Gasteiger charge is -2.51. The van der Waals surface area contributed by atoms with E-state index >= 15 is 0 Å². The zero-order valence-electron chi connectivity index (χ0n) is 50.4. The van der Waals surface area contributed by atoms with Crippen LogP contribution < -0.4 is 15.9 Å². The molecule has 15 nitrogen and oxygen atoms in total. The van der Waals surface area contributed by atoms with Gasteiger partial charge in [-0.05, 0) is 137 Å². The molecule has 3 heterocycles. The summed E-state index contributed by atoms with van der Waals surface area (Å²) in [5, 5.41) is 54.7. The molecule has 16 heteroatoms. The third kappa shape index (κ3) is 16.7. The Morgan fingerprint density at radius 3 is 1.95 bits per heavy atom. The zero-order chi connectivity index (χ0) is 57.8. The second-order valence-electron chi connectivity index (χ2n) is 25.0. The number of carbonyl (C=O) groups excluding carboxylic acids is 2. The van der Waals surface area contributed by atoms with E-state index in [0.717, 1.165) is 25.7 Å². The standard InChI is InChI=1S/C62H104N3O12P/c1-16-51-62(10,71)56(77-59(69)63-35-29-21-19-17-18-20-22-30-36-78(15,47-31-25-23-26-32-47)48-33-27-24-28-34-48)45(6)65(13)40-41(2)38-60(8,70)55(76-58-53(66)49(64(11)12)37-42(3)73-58)43(4)52(44(5)57(68)75-51)50-39-61(9,72-14)54(67)46(7)74-50/h23-28,31-34,41-46,49-56,58,66-67,70-71H,16-22,29-30,35-40H2,1-15H3/p+1/t41-,42-,43+,44-,45-,46+,49+,50?,51-,52+,53-,54+,55-,56-,58+,60-,61-,62-/m1/s1. The van der Waals surface area contributed by atoms with Crippen LogP contribution in [0.2, 0.25) is 0 Å². The van der Waals surface area contributed by atoms with Gasteiger partial charge in [-0.2, -0.15) is 0 Å². The zero-order valence-corrected chi connectivity index (χ0v) is 51.3. The van der Waals surface area contributed by atoms with Gasteiger partial charge in [0.15, 0.2) is 12.4 Å². The average Bonchev–Trinajstić information content (AvgIpc) is 3.42. The summed E-state index contributed by atoms with van der Waals surface area (Å²) in [7, 11) is 5.79. The summed E-state index contributed by atoms with van der Waals surface area (Å²) in [6, 6.07) is 21.1. The molecule has 3 aliphatic heterocycles. The molecule has 0 bridgehead atoms. The fraction of sp³-hybridized carbons (Fsp3) is 0.774. The quantitative estimate of drug-likeness (QED) is 0.0484. The van der Waals surface area contributed by atoms with Gasteiger partial charge in [-0.1, -0.05) is 96.2 Å². The van der Waals surface area contributed by atoms with Crippen LogP contribution in [0.25, 0.3) is 0 Å². The molecule has 18 atom stereocenters. The Morgan fingerprint density at radius 2 is 1.40 bits per heavy atom. The van der Waals surface area contributed by atoms with Crippen LogP contribution in [0.1, 0.15) is 146 Å². The highest BCUT2D eigenvalue weighted by molar-refractivity contribution is 7.88. The first kappa shape index (κ1) is 66.0. The van der Waals surface area contributed by atoms with E-state index in [4.69, 9.17) is 28.4 Å². The maximum atomic E-state index is 15.0. The first-order valence-electron chi connectivity index (χ1n) is 29.5. The van der Waals surface area contributed by atoms with E-state index in [1.54, 1.807) is 34.8 Å². The predicted octanol–water partition coefficient (Wildman–Crippen LogP) is 8.33. The maximum absolute atomic E-state index is 15.0. The first-order chi connectivity index (χ1) is 36.7. The summed E-state index contributed by atoms with van der Waals surface area (Å²) < 4.78 is 38.5. The number of aliphatic hydroxyl groups excluding tert-OH is 2. The fourth-order valence-electron chi connectivity index (χ4n) is 13.4. The molecule has 0 spiro atoms. The van der Waals surface area contributed by atoms with Crippen LogP contribution in [0.5, 0.6) is 0 Å². The molecule has 2 aromatic rings. The van der Waals surface area contributed by atoms with Gasteiger partial charge in [0.1, 0.15) is 23.9 Å². The van der Waals surface area contributed by atoms with Gasteiger partial charge in [0.2, 0.25) is 0 Å². The highest BCUT2D eigenvalue weighted by Crippen LogP contribution is 2.53. The molecular weight excluding hydrogens is 1010 g/mol. The lowest BCUT2D eigenvalue weighted by Crippen LogP contribution is -2.62. The molecule has 1 amide bonds. The molecule has 3 fully saturated rings. The number of unbranched alkanes of at least 4 members (excludes halogenated alkanes) is 7. The van der Waals surface area contributed by atoms with E-state index in [0.29, 0.717) is 19.5 Å². The Bertz CT molecular complexity index is 2060. The first-order valence-corrected chi connectivity index (χ1v) is 31.9. The number of methoxy groups -OCH3 is 1. The van der Waals surface area contributed by atoms with Crippen molar-refractivity contribution < 1.29 is 58.4 Å². The van der Waals surface area contributed by atoms with E-state index in [1.807, 2.05) is 72.5 Å². The van der Waals surface area contributed by atoms with Crippen LogP contribution in [0.4, 0.5) is 4.79 Å². The van der Waals surface area contributed by atoms with Crippen LogP contribution >= 0.6 is 7.26 Å². The largest absolute Gasteiger partial charge is 0.459 e. The van der Waals surface area contributed by atoms with Gasteiger partial charge in [-0.25, -0.2) is 4.79 Å². The van der Waals surface area contributed by atoms with Gasteiger partial charge in [0, 0.05) is 44.6 Å². The van der Waals surface area contributed by atoms with Gasteiger partial charge >= 0.3 is 12.1 Å². The number of likely N-dealkylation sites (N-methyl/N-ethyl adjacent to an activating group) is 2. The number of rotatable bonds is 20. The van der Waals surface area contributed by atoms with Crippen LogP contribution in [0.3, 0.4) is 0 Å². The number of carbonyl (C=O) groups is 2. The van der Waals surface area contributed by atoms with Crippen molar-refractivity contribution in [2.24, 2.45) is 23.7 Å². The van der Waals surface area contributed by atoms with E-state index < -0.39 is 109 Å². The molecule has 3 aliphatic rings. The summed E-state index contributed by atoms with van der Waals surface area (Å²) in [4.78, 5) is 32.7. The molecule has 1 unspecified atom stereocenters. The van der Waals surface area contributed by atoms with Gasteiger partial charge < -0.3 is 59.1 Å². The van der Waals surface area contributed by atoms with E-state index in [9.17, 15) is 30.0 Å². The Hall–Kier alpha value is -2.79. The number of aliphatic hydroxyl groups is 4. The number of esters is 1. The lowest BCUT2D eigenvalue weighted by atomic mass is 9.68. The van der Waals surface area contributed by atoms with Crippen molar-refractivity contribution in [2.45, 2.75) is 230 Å². The number of amides is 1. The number of ether oxygens (including phenoxy) is 6. The van der Waals surface area contributed by atoms with Crippen molar-refractivity contribution in [1.82, 2.24) is 15.1 Å². The molecule has 0 radical (unpaired) electrons. The summed E-state index contributed by atoms with van der Waals surface area (Å²) in [6.45, 7) is 21.6. The second kappa shape index (κ2) is 29.5. The second-order valence-corrected chi connectivity index (χ2v) is 28.8. The molecule has 78 heavy (non-hydrogen) atoms. The average molecular weight is 1120 g/mol. The van der Waals surface area contributed by atoms with Crippen molar-refractivity contribution in [2.75, 3.05) is 54.2 Å². The molecule has 3 saturated heterocycles. The Morgan fingerprint density at radius 1 is 0.833 bits per heavy atom. The smallest absolute Gasteiger partial charge is 0.407 e. The van der Waals surface area contributed by atoms with Gasteiger partial charge in [0.25, 0.3) is 0 Å². The molecule has 0 saturated carbocycles. The van der Waals surface area contributed by atoms with Gasteiger partial charge in [0.05, 0.1) is 72.2 Å². The number of cyclic esters (lactones) is 1. The summed E-state index contributed by atoms with van der Waals surface area (Å²) >= 11 is 0. The van der Waals surface area contributed by atoms with Crippen molar-refractivity contribution >= 4 is 29.9 Å². The molecule has 0 aliphatic carbocycles. The number of nitrogens with one attached hydrogen (secondary N) is 1. The number of hydrogen-bond donors (Lipinski definition) is 5. The van der Waals surface area contributed by atoms with Gasteiger partial charge in [-0.3, -0.25) is 9.69 Å². The van der Waals surface area contributed by atoms with E-state index in [-0.39, 0.29) is 37.3 Å². The summed E-state index contributed by atoms with van der Waals surface area (Å²) in [5.74, 6) is -3.13. The third-order valence-corrected chi connectivity index (χ3v) is 22.3. The summed E-state index contributed by atoms with van der Waals surface area (Å²) in [6.07, 6.45) is 2.40. The predicted molar refractivity (Wildman–Crippen MR) is 312 cm³/mol. The van der Waals surface area contributed by atoms with Crippen LogP contribution in [0.15, 0.2) is 60.7 Å². The number of benzene rings is 2. The molecular formula is C62H105N3O12P+. The normalized spacial score (nSPS) is 37.0. The number of nitrogens with zero attached hydrogens (tertiary/aromatic N) is 2. The molecule has 0 aromatic heterocycles. The van der Waals surface area contributed by atoms with E-state index in [2.05, 4.69) is 72.6 Å². The monoisotopic (exact) mass is 1110 g/mol. The maximum Gasteiger partial charge on any atom is 0.407 e. The highest BCUT2D eigenvalue weighted by Gasteiger charge is 2.55. The topological polar surface area (TPSA) is 189 Å². The van der Waals surface area contributed by atoms with Crippen molar-refractivity contribution in [3.05, 3.63) is 60.7 Å². The highest BCUT2D eigenvalue weighted by atomic mass is 31.2. The molecule has 5 N–H and O–H groups in total. The Balaban J connectivity index is 1.29. The van der Waals surface area contributed by atoms with Crippen LogP contribution in [0, 0.1) is 23.7 Å². The van der Waals surface area contributed by atoms with Crippen molar-refractivity contribution in [1.29, 1.82) is 0 Å².